The number of imidazole rings is 1. The zero-order valence-corrected chi connectivity index (χ0v) is 8.07. The van der Waals surface area contributed by atoms with E-state index in [0.717, 1.165) is 5.82 Å². The van der Waals surface area contributed by atoms with Crippen molar-refractivity contribution in [1.82, 2.24) is 9.97 Å². The Kier molecular flexibility index (Phi) is 2.45. The Labute approximate surface area is 83.3 Å². The molecule has 2 heteroatoms. The van der Waals surface area contributed by atoms with Crippen LogP contribution in [0.1, 0.15) is 17.0 Å². The molecule has 0 saturated carbocycles. The predicted octanol–water partition coefficient (Wildman–Crippen LogP) is 2.89. The second kappa shape index (κ2) is 3.92. The number of rotatable bonds is 2. The third-order valence-electron chi connectivity index (χ3n) is 2.13. The van der Waals surface area contributed by atoms with Crippen LogP contribution in [0, 0.1) is 6.92 Å². The number of H-pyrrole nitrogens is 1. The largest absolute Gasteiger partial charge is 0.345 e. The second-order valence-corrected chi connectivity index (χ2v) is 3.16. The Morgan fingerprint density at radius 1 is 1.21 bits per heavy atom. The lowest BCUT2D eigenvalue weighted by Gasteiger charge is -1.97. The molecule has 0 unspecified atom stereocenters. The lowest BCUT2D eigenvalue weighted by Crippen LogP contribution is -1.79. The highest BCUT2D eigenvalue weighted by Crippen LogP contribution is 2.10. The molecule has 1 N–H and O–H groups in total. The van der Waals surface area contributed by atoms with Gasteiger partial charge < -0.3 is 4.98 Å². The van der Waals surface area contributed by atoms with Crippen LogP contribution in [-0.2, 0) is 0 Å². The Hall–Kier alpha value is -1.83. The molecule has 1 heterocycles. The smallest absolute Gasteiger partial charge is 0.129 e. The predicted molar refractivity (Wildman–Crippen MR) is 58.7 cm³/mol. The van der Waals surface area contributed by atoms with Gasteiger partial charge >= 0.3 is 0 Å². The van der Waals surface area contributed by atoms with Crippen molar-refractivity contribution < 1.29 is 0 Å². The van der Waals surface area contributed by atoms with Crippen LogP contribution < -0.4 is 0 Å². The van der Waals surface area contributed by atoms with E-state index in [1.54, 1.807) is 6.20 Å². The molecule has 0 amide bonds. The number of nitrogens with zero attached hydrogens (tertiary/aromatic N) is 1. The maximum absolute atomic E-state index is 4.12. The second-order valence-electron chi connectivity index (χ2n) is 3.16. The zero-order chi connectivity index (χ0) is 9.80. The number of aryl methyl sites for hydroxylation is 1. The summed E-state index contributed by atoms with van der Waals surface area (Å²) < 4.78 is 0. The number of hydrogen-bond acceptors (Lipinski definition) is 1. The van der Waals surface area contributed by atoms with Gasteiger partial charge in [0.25, 0.3) is 0 Å². The lowest BCUT2D eigenvalue weighted by molar-refractivity contribution is 1.27. The molecule has 1 aromatic carbocycles. The summed E-state index contributed by atoms with van der Waals surface area (Å²) in [6, 6.07) is 8.27. The monoisotopic (exact) mass is 184 g/mol. The van der Waals surface area contributed by atoms with Crippen molar-refractivity contribution >= 4 is 12.2 Å². The van der Waals surface area contributed by atoms with Gasteiger partial charge in [-0.25, -0.2) is 4.98 Å². The standard InChI is InChI=1S/C12H12N2/c1-10-4-2-3-5-11(10)6-7-12-13-8-9-14-12/h2-9H,1H3,(H,13,14). The van der Waals surface area contributed by atoms with E-state index in [4.69, 9.17) is 0 Å². The molecule has 0 aliphatic heterocycles. The van der Waals surface area contributed by atoms with E-state index in [2.05, 4.69) is 35.1 Å². The summed E-state index contributed by atoms with van der Waals surface area (Å²) in [5.41, 5.74) is 2.50. The minimum atomic E-state index is 0.883. The summed E-state index contributed by atoms with van der Waals surface area (Å²) in [7, 11) is 0. The first-order valence-electron chi connectivity index (χ1n) is 4.59. The molecule has 0 spiro atoms. The Bertz CT molecular complexity index is 427. The zero-order valence-electron chi connectivity index (χ0n) is 8.07. The van der Waals surface area contributed by atoms with Crippen molar-refractivity contribution in [1.29, 1.82) is 0 Å². The van der Waals surface area contributed by atoms with E-state index >= 15 is 0 Å². The van der Waals surface area contributed by atoms with Crippen LogP contribution in [0.2, 0.25) is 0 Å². The number of nitrogens with one attached hydrogen (secondary N) is 1. The van der Waals surface area contributed by atoms with Crippen LogP contribution in [0.3, 0.4) is 0 Å². The lowest BCUT2D eigenvalue weighted by atomic mass is 10.1. The molecule has 0 radical (unpaired) electrons. The molecule has 0 saturated heterocycles. The Balaban J connectivity index is 2.23. The van der Waals surface area contributed by atoms with E-state index in [9.17, 15) is 0 Å². The Morgan fingerprint density at radius 2 is 2.07 bits per heavy atom. The van der Waals surface area contributed by atoms with Crippen LogP contribution in [0.4, 0.5) is 0 Å². The van der Waals surface area contributed by atoms with Gasteiger partial charge in [-0.2, -0.15) is 0 Å². The fraction of sp³-hybridized carbons (Fsp3) is 0.0833. The van der Waals surface area contributed by atoms with Crippen molar-refractivity contribution in [3.8, 4) is 0 Å². The topological polar surface area (TPSA) is 28.7 Å². The van der Waals surface area contributed by atoms with Gasteiger partial charge in [0.1, 0.15) is 5.82 Å². The van der Waals surface area contributed by atoms with Crippen LogP contribution in [0.15, 0.2) is 36.7 Å². The van der Waals surface area contributed by atoms with Crippen molar-refractivity contribution in [3.63, 3.8) is 0 Å². The van der Waals surface area contributed by atoms with Gasteiger partial charge in [0.15, 0.2) is 0 Å². The summed E-state index contributed by atoms with van der Waals surface area (Å²) in [5, 5.41) is 0. The van der Waals surface area contributed by atoms with Crippen molar-refractivity contribution in [3.05, 3.63) is 53.6 Å². The minimum Gasteiger partial charge on any atom is -0.345 e. The first-order valence-corrected chi connectivity index (χ1v) is 4.59. The molecular weight excluding hydrogens is 172 g/mol. The SMILES string of the molecule is Cc1ccccc1C=Cc1ncc[nH]1. The highest BCUT2D eigenvalue weighted by atomic mass is 14.9. The van der Waals surface area contributed by atoms with Gasteiger partial charge in [-0.15, -0.1) is 0 Å². The summed E-state index contributed by atoms with van der Waals surface area (Å²) in [6.45, 7) is 2.10. The van der Waals surface area contributed by atoms with E-state index in [1.807, 2.05) is 24.4 Å². The van der Waals surface area contributed by atoms with Crippen molar-refractivity contribution in [2.75, 3.05) is 0 Å². The molecule has 2 nitrogen and oxygen atoms in total. The molecule has 0 fully saturated rings. The average molecular weight is 184 g/mol. The normalized spacial score (nSPS) is 10.9. The van der Waals surface area contributed by atoms with Gasteiger partial charge in [-0.05, 0) is 24.1 Å². The van der Waals surface area contributed by atoms with Crippen molar-refractivity contribution in [2.45, 2.75) is 6.92 Å². The third kappa shape index (κ3) is 1.91. The minimum absolute atomic E-state index is 0.883. The first kappa shape index (κ1) is 8.75. The highest BCUT2D eigenvalue weighted by molar-refractivity contribution is 5.68. The van der Waals surface area contributed by atoms with Crippen LogP contribution >= 0.6 is 0 Å². The number of aromatic amines is 1. The molecule has 0 aliphatic rings. The molecule has 70 valence electrons. The van der Waals surface area contributed by atoms with E-state index < -0.39 is 0 Å². The van der Waals surface area contributed by atoms with Crippen LogP contribution in [-0.4, -0.2) is 9.97 Å². The first-order chi connectivity index (χ1) is 6.86. The number of benzene rings is 1. The molecule has 14 heavy (non-hydrogen) atoms. The highest BCUT2D eigenvalue weighted by Gasteiger charge is 1.91. The molecule has 0 aliphatic carbocycles. The Morgan fingerprint density at radius 3 is 2.79 bits per heavy atom. The molecular formula is C12H12N2. The van der Waals surface area contributed by atoms with Gasteiger partial charge in [-0.1, -0.05) is 30.3 Å². The summed E-state index contributed by atoms with van der Waals surface area (Å²) in [5.74, 6) is 0.883. The maximum Gasteiger partial charge on any atom is 0.129 e. The van der Waals surface area contributed by atoms with Gasteiger partial charge in [-0.3, -0.25) is 0 Å². The third-order valence-corrected chi connectivity index (χ3v) is 2.13. The molecule has 1 aromatic heterocycles. The summed E-state index contributed by atoms with van der Waals surface area (Å²) in [6.07, 6.45) is 7.60. The number of aromatic nitrogens is 2. The average Bonchev–Trinajstić information content (AvgIpc) is 2.69. The van der Waals surface area contributed by atoms with Gasteiger partial charge in [0.05, 0.1) is 0 Å². The van der Waals surface area contributed by atoms with Crippen molar-refractivity contribution in [2.24, 2.45) is 0 Å². The summed E-state index contributed by atoms with van der Waals surface area (Å²) >= 11 is 0. The molecule has 0 bridgehead atoms. The van der Waals surface area contributed by atoms with Gasteiger partial charge in [0.2, 0.25) is 0 Å². The van der Waals surface area contributed by atoms with E-state index in [1.165, 1.54) is 11.1 Å². The molecule has 0 atom stereocenters. The quantitative estimate of drug-likeness (QED) is 0.763. The fourth-order valence-electron chi connectivity index (χ4n) is 1.31. The maximum atomic E-state index is 4.12. The fourth-order valence-corrected chi connectivity index (χ4v) is 1.31. The molecule has 2 aromatic rings. The van der Waals surface area contributed by atoms with E-state index in [0.29, 0.717) is 0 Å². The number of hydrogen-bond donors (Lipinski definition) is 1. The van der Waals surface area contributed by atoms with E-state index in [-0.39, 0.29) is 0 Å². The van der Waals surface area contributed by atoms with Gasteiger partial charge in [0, 0.05) is 12.4 Å². The van der Waals surface area contributed by atoms with Crippen LogP contribution in [0.25, 0.3) is 12.2 Å². The molecule has 2 rings (SSSR count). The summed E-state index contributed by atoms with van der Waals surface area (Å²) in [4.78, 5) is 7.15. The van der Waals surface area contributed by atoms with Crippen LogP contribution in [0.5, 0.6) is 0 Å².